The number of carbonyl (C=O) groups is 1. The van der Waals surface area contributed by atoms with Gasteiger partial charge in [0.25, 0.3) is 5.91 Å². The van der Waals surface area contributed by atoms with Crippen LogP contribution < -0.4 is 5.43 Å². The highest BCUT2D eigenvalue weighted by Gasteiger charge is 2.43. The lowest BCUT2D eigenvalue weighted by Gasteiger charge is -2.27. The number of para-hydroxylation sites is 1. The van der Waals surface area contributed by atoms with Gasteiger partial charge >= 0.3 is 0 Å². The zero-order chi connectivity index (χ0) is 19.3. The summed E-state index contributed by atoms with van der Waals surface area (Å²) in [6, 6.07) is 14.6. The van der Waals surface area contributed by atoms with E-state index in [1.54, 1.807) is 23.1 Å². The van der Waals surface area contributed by atoms with Crippen molar-refractivity contribution in [2.75, 3.05) is 13.2 Å². The number of aryl methyl sites for hydroxylation is 1. The lowest BCUT2D eigenvalue weighted by Crippen LogP contribution is -2.36. The molecule has 5 rings (SSSR count). The molecule has 1 saturated heterocycles. The third kappa shape index (κ3) is 2.66. The summed E-state index contributed by atoms with van der Waals surface area (Å²) in [6.07, 6.45) is 1.91. The number of amides is 1. The Morgan fingerprint density at radius 1 is 1.07 bits per heavy atom. The predicted octanol–water partition coefficient (Wildman–Crippen LogP) is 3.83. The quantitative estimate of drug-likeness (QED) is 0.698. The molecule has 1 aromatic heterocycles. The fourth-order valence-electron chi connectivity index (χ4n) is 4.26. The van der Waals surface area contributed by atoms with Gasteiger partial charge in [-0.3, -0.25) is 9.59 Å². The molecule has 5 nitrogen and oxygen atoms in total. The van der Waals surface area contributed by atoms with Crippen molar-refractivity contribution in [1.82, 2.24) is 4.90 Å². The summed E-state index contributed by atoms with van der Waals surface area (Å²) < 4.78 is 11.7. The summed E-state index contributed by atoms with van der Waals surface area (Å²) in [5, 5.41) is 0.505. The molecule has 0 saturated carbocycles. The van der Waals surface area contributed by atoms with Crippen molar-refractivity contribution < 1.29 is 13.9 Å². The van der Waals surface area contributed by atoms with Crippen LogP contribution in [0.1, 0.15) is 46.1 Å². The molecule has 3 aromatic rings. The molecule has 0 bridgehead atoms. The highest BCUT2D eigenvalue weighted by atomic mass is 16.5. The molecule has 0 radical (unpaired) electrons. The van der Waals surface area contributed by atoms with Crippen molar-refractivity contribution in [2.45, 2.75) is 31.9 Å². The first kappa shape index (κ1) is 17.2. The minimum Gasteiger partial charge on any atom is -0.450 e. The van der Waals surface area contributed by atoms with E-state index < -0.39 is 6.04 Å². The van der Waals surface area contributed by atoms with Gasteiger partial charge in [-0.25, -0.2) is 0 Å². The molecule has 1 fully saturated rings. The van der Waals surface area contributed by atoms with Gasteiger partial charge in [0.1, 0.15) is 5.58 Å². The summed E-state index contributed by atoms with van der Waals surface area (Å²) in [5.74, 6) is -0.0776. The van der Waals surface area contributed by atoms with Gasteiger partial charge in [-0.1, -0.05) is 42.0 Å². The Hall–Kier alpha value is -2.92. The third-order valence-corrected chi connectivity index (χ3v) is 5.69. The SMILES string of the molecule is Cc1ccc(C2c3c(oc4ccccc4c3=O)C(=O)N2CC2CCCO2)cc1. The molecule has 28 heavy (non-hydrogen) atoms. The van der Waals surface area contributed by atoms with Crippen molar-refractivity contribution in [3.8, 4) is 0 Å². The van der Waals surface area contributed by atoms with Gasteiger partial charge in [0, 0.05) is 13.2 Å². The maximum Gasteiger partial charge on any atom is 0.291 e. The standard InChI is InChI=1S/C23H21NO4/c1-14-8-10-15(11-9-14)20-19-21(25)17-6-2-3-7-18(17)28-22(19)23(26)24(20)13-16-5-4-12-27-16/h2-3,6-11,16,20H,4-5,12-13H2,1H3. The highest BCUT2D eigenvalue weighted by Crippen LogP contribution is 2.38. The van der Waals surface area contributed by atoms with Crippen LogP contribution in [0.2, 0.25) is 0 Å². The van der Waals surface area contributed by atoms with E-state index in [1.165, 1.54) is 0 Å². The third-order valence-electron chi connectivity index (χ3n) is 5.69. The van der Waals surface area contributed by atoms with Crippen LogP contribution in [0, 0.1) is 6.92 Å². The molecule has 5 heteroatoms. The summed E-state index contributed by atoms with van der Waals surface area (Å²) in [6.45, 7) is 3.19. The van der Waals surface area contributed by atoms with Crippen molar-refractivity contribution in [3.05, 3.63) is 81.2 Å². The molecule has 1 amide bonds. The maximum absolute atomic E-state index is 13.3. The minimum absolute atomic E-state index is 0.00395. The molecular formula is C23H21NO4. The van der Waals surface area contributed by atoms with Gasteiger partial charge in [-0.05, 0) is 37.5 Å². The molecule has 3 heterocycles. The van der Waals surface area contributed by atoms with E-state index in [0.717, 1.165) is 30.6 Å². The zero-order valence-electron chi connectivity index (χ0n) is 15.7. The predicted molar refractivity (Wildman–Crippen MR) is 106 cm³/mol. The van der Waals surface area contributed by atoms with Crippen LogP contribution in [-0.4, -0.2) is 30.1 Å². The van der Waals surface area contributed by atoms with Gasteiger partial charge in [0.15, 0.2) is 5.43 Å². The molecule has 2 aliphatic rings. The van der Waals surface area contributed by atoms with E-state index in [0.29, 0.717) is 23.1 Å². The van der Waals surface area contributed by atoms with Crippen LogP contribution in [0.5, 0.6) is 0 Å². The van der Waals surface area contributed by atoms with Crippen LogP contribution in [0.3, 0.4) is 0 Å². The van der Waals surface area contributed by atoms with E-state index in [9.17, 15) is 9.59 Å². The van der Waals surface area contributed by atoms with Gasteiger partial charge in [0.2, 0.25) is 5.76 Å². The average molecular weight is 375 g/mol. The van der Waals surface area contributed by atoms with Crippen LogP contribution in [0.4, 0.5) is 0 Å². The molecule has 2 aliphatic heterocycles. The number of nitrogens with zero attached hydrogens (tertiary/aromatic N) is 1. The Balaban J connectivity index is 1.70. The molecule has 0 spiro atoms. The van der Waals surface area contributed by atoms with Crippen LogP contribution >= 0.6 is 0 Å². The van der Waals surface area contributed by atoms with Crippen molar-refractivity contribution >= 4 is 16.9 Å². The second-order valence-electron chi connectivity index (χ2n) is 7.58. The number of fused-ring (bicyclic) bond motifs is 2. The fraction of sp³-hybridized carbons (Fsp3) is 0.304. The topological polar surface area (TPSA) is 59.8 Å². The Labute approximate surface area is 162 Å². The summed E-state index contributed by atoms with van der Waals surface area (Å²) in [7, 11) is 0. The van der Waals surface area contributed by atoms with Crippen molar-refractivity contribution in [2.24, 2.45) is 0 Å². The van der Waals surface area contributed by atoms with Crippen LogP contribution in [0.25, 0.3) is 11.0 Å². The number of benzene rings is 2. The Bertz CT molecular complexity index is 1110. The number of carbonyl (C=O) groups excluding carboxylic acids is 1. The minimum atomic E-state index is -0.451. The molecule has 2 atom stereocenters. The molecular weight excluding hydrogens is 354 g/mol. The second-order valence-corrected chi connectivity index (χ2v) is 7.58. The highest BCUT2D eigenvalue weighted by molar-refractivity contribution is 5.99. The lowest BCUT2D eigenvalue weighted by molar-refractivity contribution is 0.0486. The van der Waals surface area contributed by atoms with Gasteiger partial charge in [-0.2, -0.15) is 0 Å². The fourth-order valence-corrected chi connectivity index (χ4v) is 4.26. The number of ether oxygens (including phenoxy) is 1. The lowest BCUT2D eigenvalue weighted by atomic mass is 9.97. The van der Waals surface area contributed by atoms with E-state index in [2.05, 4.69) is 0 Å². The summed E-state index contributed by atoms with van der Waals surface area (Å²) in [4.78, 5) is 28.3. The molecule has 142 valence electrons. The monoisotopic (exact) mass is 375 g/mol. The first-order valence-electron chi connectivity index (χ1n) is 9.68. The summed E-state index contributed by atoms with van der Waals surface area (Å²) >= 11 is 0. The number of hydrogen-bond acceptors (Lipinski definition) is 4. The summed E-state index contributed by atoms with van der Waals surface area (Å²) in [5.41, 5.74) is 2.79. The van der Waals surface area contributed by atoms with Crippen LogP contribution in [0.15, 0.2) is 57.7 Å². The van der Waals surface area contributed by atoms with E-state index in [-0.39, 0.29) is 23.2 Å². The van der Waals surface area contributed by atoms with E-state index in [4.69, 9.17) is 9.15 Å². The zero-order valence-corrected chi connectivity index (χ0v) is 15.7. The van der Waals surface area contributed by atoms with Gasteiger partial charge in [-0.15, -0.1) is 0 Å². The van der Waals surface area contributed by atoms with Crippen LogP contribution in [-0.2, 0) is 4.74 Å². The Morgan fingerprint density at radius 2 is 1.86 bits per heavy atom. The first-order valence-corrected chi connectivity index (χ1v) is 9.68. The normalized spacial score (nSPS) is 21.5. The molecule has 0 N–H and O–H groups in total. The molecule has 2 aromatic carbocycles. The second kappa shape index (κ2) is 6.60. The number of rotatable bonds is 3. The molecule has 2 unspecified atom stereocenters. The Morgan fingerprint density at radius 3 is 2.61 bits per heavy atom. The van der Waals surface area contributed by atoms with Crippen molar-refractivity contribution in [1.29, 1.82) is 0 Å². The first-order chi connectivity index (χ1) is 13.6. The number of hydrogen-bond donors (Lipinski definition) is 0. The van der Waals surface area contributed by atoms with E-state index in [1.807, 2.05) is 37.3 Å². The van der Waals surface area contributed by atoms with Gasteiger partial charge < -0.3 is 14.1 Å². The Kier molecular flexibility index (Phi) is 4.05. The van der Waals surface area contributed by atoms with Crippen molar-refractivity contribution in [3.63, 3.8) is 0 Å². The van der Waals surface area contributed by atoms with E-state index >= 15 is 0 Å². The smallest absolute Gasteiger partial charge is 0.291 e. The largest absolute Gasteiger partial charge is 0.450 e. The average Bonchev–Trinajstić information content (AvgIpc) is 3.31. The molecule has 0 aliphatic carbocycles. The maximum atomic E-state index is 13.3. The van der Waals surface area contributed by atoms with Gasteiger partial charge in [0.05, 0.1) is 23.1 Å².